The van der Waals surface area contributed by atoms with Crippen molar-refractivity contribution in [3.05, 3.63) is 71.3 Å². The van der Waals surface area contributed by atoms with Crippen molar-refractivity contribution in [3.8, 4) is 11.4 Å². The van der Waals surface area contributed by atoms with E-state index in [9.17, 15) is 0 Å². The zero-order valence-electron chi connectivity index (χ0n) is 11.6. The molecule has 2 aromatic carbocycles. The van der Waals surface area contributed by atoms with Gasteiger partial charge in [0.25, 0.3) is 0 Å². The Hall–Kier alpha value is -2.40. The largest absolute Gasteiger partial charge is 0.489 e. The van der Waals surface area contributed by atoms with E-state index in [1.54, 1.807) is 15.6 Å². The number of aromatic nitrogens is 3. The van der Waals surface area contributed by atoms with Gasteiger partial charge in [-0.1, -0.05) is 30.3 Å². The Morgan fingerprint density at radius 1 is 1.05 bits per heavy atom. The van der Waals surface area contributed by atoms with E-state index in [-0.39, 0.29) is 0 Å². The Labute approximate surface area is 128 Å². The van der Waals surface area contributed by atoms with Crippen LogP contribution in [0.1, 0.15) is 5.56 Å². The summed E-state index contributed by atoms with van der Waals surface area (Å²) in [6.45, 7) is 0.559. The number of benzene rings is 2. The van der Waals surface area contributed by atoms with E-state index in [1.807, 2.05) is 61.6 Å². The van der Waals surface area contributed by atoms with Crippen LogP contribution in [0.2, 0.25) is 0 Å². The van der Waals surface area contributed by atoms with Gasteiger partial charge in [0, 0.05) is 7.05 Å². The Balaban J connectivity index is 1.73. The highest BCUT2D eigenvalue weighted by atomic mass is 32.1. The quantitative estimate of drug-likeness (QED) is 0.691. The van der Waals surface area contributed by atoms with Gasteiger partial charge < -0.3 is 9.30 Å². The molecule has 0 fully saturated rings. The number of nitrogens with zero attached hydrogens (tertiary/aromatic N) is 3. The number of ether oxygens (including phenoxy) is 1. The molecule has 0 spiro atoms. The van der Waals surface area contributed by atoms with Gasteiger partial charge in [0.15, 0.2) is 0 Å². The van der Waals surface area contributed by atoms with Gasteiger partial charge in [-0.15, -0.1) is 0 Å². The Kier molecular flexibility index (Phi) is 3.83. The van der Waals surface area contributed by atoms with E-state index < -0.39 is 0 Å². The van der Waals surface area contributed by atoms with Crippen molar-refractivity contribution < 1.29 is 4.74 Å². The lowest BCUT2D eigenvalue weighted by Gasteiger charge is -2.07. The molecule has 5 heteroatoms. The van der Waals surface area contributed by atoms with Crippen LogP contribution in [0.4, 0.5) is 0 Å². The highest BCUT2D eigenvalue weighted by molar-refractivity contribution is 7.71. The maximum atomic E-state index is 5.76. The van der Waals surface area contributed by atoms with Crippen LogP contribution in [0.3, 0.4) is 0 Å². The van der Waals surface area contributed by atoms with E-state index in [2.05, 4.69) is 5.10 Å². The molecule has 0 saturated heterocycles. The number of hydrogen-bond acceptors (Lipinski definition) is 3. The minimum absolute atomic E-state index is 0.559. The average Bonchev–Trinajstić information content (AvgIpc) is 2.87. The van der Waals surface area contributed by atoms with Gasteiger partial charge in [0.1, 0.15) is 18.7 Å². The molecule has 0 saturated carbocycles. The molecule has 0 N–H and O–H groups in total. The highest BCUT2D eigenvalue weighted by Crippen LogP contribution is 2.16. The predicted molar refractivity (Wildman–Crippen MR) is 84.1 cm³/mol. The molecular formula is C16H15N3OS. The van der Waals surface area contributed by atoms with E-state index in [1.165, 1.54) is 0 Å². The molecule has 0 aliphatic heterocycles. The first kappa shape index (κ1) is 13.6. The smallest absolute Gasteiger partial charge is 0.202 e. The maximum Gasteiger partial charge on any atom is 0.202 e. The van der Waals surface area contributed by atoms with Crippen molar-refractivity contribution in [1.82, 2.24) is 14.3 Å². The van der Waals surface area contributed by atoms with Crippen LogP contribution in [-0.2, 0) is 13.7 Å². The third-order valence-electron chi connectivity index (χ3n) is 3.15. The molecule has 0 amide bonds. The molecule has 0 atom stereocenters. The fourth-order valence-corrected chi connectivity index (χ4v) is 2.18. The van der Waals surface area contributed by atoms with Crippen LogP contribution >= 0.6 is 12.2 Å². The minimum Gasteiger partial charge on any atom is -0.489 e. The Morgan fingerprint density at radius 2 is 1.76 bits per heavy atom. The maximum absolute atomic E-state index is 5.76. The number of aryl methyl sites for hydroxylation is 1. The fraction of sp³-hybridized carbons (Fsp3) is 0.125. The third-order valence-corrected chi connectivity index (χ3v) is 3.61. The molecule has 0 bridgehead atoms. The van der Waals surface area contributed by atoms with Crippen molar-refractivity contribution in [3.63, 3.8) is 0 Å². The van der Waals surface area contributed by atoms with Crippen LogP contribution in [-0.4, -0.2) is 14.3 Å². The molecular weight excluding hydrogens is 282 g/mol. The summed E-state index contributed by atoms with van der Waals surface area (Å²) in [5, 5.41) is 4.24. The Morgan fingerprint density at radius 3 is 2.38 bits per heavy atom. The molecule has 3 rings (SSSR count). The van der Waals surface area contributed by atoms with E-state index in [0.717, 1.165) is 17.0 Å². The first-order valence-electron chi connectivity index (χ1n) is 6.62. The summed E-state index contributed by atoms with van der Waals surface area (Å²) in [6, 6.07) is 17.8. The number of rotatable bonds is 4. The molecule has 0 radical (unpaired) electrons. The average molecular weight is 297 g/mol. The van der Waals surface area contributed by atoms with Gasteiger partial charge in [-0.2, -0.15) is 5.10 Å². The van der Waals surface area contributed by atoms with E-state index in [0.29, 0.717) is 11.4 Å². The van der Waals surface area contributed by atoms with Crippen LogP contribution in [0.15, 0.2) is 60.9 Å². The summed E-state index contributed by atoms with van der Waals surface area (Å²) in [5.74, 6) is 0.824. The molecule has 21 heavy (non-hydrogen) atoms. The molecule has 1 aromatic heterocycles. The first-order valence-corrected chi connectivity index (χ1v) is 7.03. The lowest BCUT2D eigenvalue weighted by Crippen LogP contribution is -1.99. The van der Waals surface area contributed by atoms with Gasteiger partial charge >= 0.3 is 0 Å². The van der Waals surface area contributed by atoms with Crippen molar-refractivity contribution in [2.24, 2.45) is 7.05 Å². The van der Waals surface area contributed by atoms with Gasteiger partial charge in [0.2, 0.25) is 4.77 Å². The summed E-state index contributed by atoms with van der Waals surface area (Å²) in [4.78, 5) is 0. The fourth-order valence-electron chi connectivity index (χ4n) is 1.98. The van der Waals surface area contributed by atoms with E-state index >= 15 is 0 Å². The third kappa shape index (κ3) is 3.03. The van der Waals surface area contributed by atoms with Crippen LogP contribution in [0, 0.1) is 4.77 Å². The molecule has 1 heterocycles. The molecule has 4 nitrogen and oxygen atoms in total. The Bertz CT molecular complexity index is 775. The summed E-state index contributed by atoms with van der Waals surface area (Å²) in [5.41, 5.74) is 2.07. The lowest BCUT2D eigenvalue weighted by molar-refractivity contribution is 0.306. The molecule has 0 unspecified atom stereocenters. The number of hydrogen-bond donors (Lipinski definition) is 0. The van der Waals surface area contributed by atoms with Gasteiger partial charge in [-0.3, -0.25) is 0 Å². The minimum atomic E-state index is 0.559. The second-order valence-electron chi connectivity index (χ2n) is 4.70. The summed E-state index contributed by atoms with van der Waals surface area (Å²) in [7, 11) is 1.88. The van der Waals surface area contributed by atoms with Gasteiger partial charge in [-0.05, 0) is 42.0 Å². The second-order valence-corrected chi connectivity index (χ2v) is 5.07. The molecule has 0 aliphatic carbocycles. The monoisotopic (exact) mass is 297 g/mol. The van der Waals surface area contributed by atoms with Crippen LogP contribution in [0.25, 0.3) is 5.69 Å². The van der Waals surface area contributed by atoms with Crippen LogP contribution in [0.5, 0.6) is 5.75 Å². The van der Waals surface area contributed by atoms with E-state index in [4.69, 9.17) is 17.0 Å². The zero-order valence-corrected chi connectivity index (χ0v) is 12.5. The second kappa shape index (κ2) is 5.93. The summed E-state index contributed by atoms with van der Waals surface area (Å²) in [6.07, 6.45) is 1.70. The van der Waals surface area contributed by atoms with Crippen molar-refractivity contribution in [2.75, 3.05) is 0 Å². The van der Waals surface area contributed by atoms with Crippen LogP contribution < -0.4 is 4.74 Å². The summed E-state index contributed by atoms with van der Waals surface area (Å²) < 4.78 is 9.94. The van der Waals surface area contributed by atoms with Crippen molar-refractivity contribution in [2.45, 2.75) is 6.61 Å². The standard InChI is InChI=1S/C16H15N3OS/c1-18-12-17-19(16(18)21)14-7-9-15(10-8-14)20-11-13-5-3-2-4-6-13/h2-10,12H,11H2,1H3. The normalized spacial score (nSPS) is 10.5. The predicted octanol–water partition coefficient (Wildman–Crippen LogP) is 3.52. The van der Waals surface area contributed by atoms with Crippen molar-refractivity contribution in [1.29, 1.82) is 0 Å². The SMILES string of the molecule is Cn1cnn(-c2ccc(OCc3ccccc3)cc2)c1=S. The molecule has 3 aromatic rings. The zero-order chi connectivity index (χ0) is 14.7. The first-order chi connectivity index (χ1) is 10.2. The molecule has 106 valence electrons. The van der Waals surface area contributed by atoms with Gasteiger partial charge in [0.05, 0.1) is 5.69 Å². The van der Waals surface area contributed by atoms with Crippen molar-refractivity contribution >= 4 is 12.2 Å². The molecule has 0 aliphatic rings. The van der Waals surface area contributed by atoms with Gasteiger partial charge in [-0.25, -0.2) is 4.68 Å². The summed E-state index contributed by atoms with van der Waals surface area (Å²) >= 11 is 5.29. The highest BCUT2D eigenvalue weighted by Gasteiger charge is 2.02. The topological polar surface area (TPSA) is 32.0 Å². The lowest BCUT2D eigenvalue weighted by atomic mass is 10.2.